The van der Waals surface area contributed by atoms with E-state index < -0.39 is 5.60 Å². The van der Waals surface area contributed by atoms with E-state index in [1.165, 1.54) is 6.07 Å². The van der Waals surface area contributed by atoms with Gasteiger partial charge in [0.15, 0.2) is 0 Å². The molecular weight excluding hydrogens is 227 g/mol. The summed E-state index contributed by atoms with van der Waals surface area (Å²) in [6, 6.07) is 14.3. The molecule has 0 aliphatic carbocycles. The zero-order chi connectivity index (χ0) is 13.2. The van der Waals surface area contributed by atoms with Crippen molar-refractivity contribution in [3.63, 3.8) is 0 Å². The molecule has 94 valence electrons. The molecule has 1 atom stereocenters. The molecule has 0 saturated carbocycles. The summed E-state index contributed by atoms with van der Waals surface area (Å²) in [5.41, 5.74) is 0.843. The Balaban J connectivity index is 2.53. The lowest BCUT2D eigenvalue weighted by atomic mass is 9.84. The van der Waals surface area contributed by atoms with E-state index in [2.05, 4.69) is 0 Å². The van der Waals surface area contributed by atoms with Gasteiger partial charge in [-0.2, -0.15) is 0 Å². The van der Waals surface area contributed by atoms with Crippen molar-refractivity contribution in [1.29, 1.82) is 0 Å². The van der Waals surface area contributed by atoms with Crippen molar-refractivity contribution in [1.82, 2.24) is 0 Å². The maximum absolute atomic E-state index is 13.7. The van der Waals surface area contributed by atoms with Crippen LogP contribution in [0.3, 0.4) is 0 Å². The number of aryl methyl sites for hydroxylation is 1. The molecule has 0 radical (unpaired) electrons. The Hall–Kier alpha value is -1.67. The van der Waals surface area contributed by atoms with E-state index in [-0.39, 0.29) is 5.82 Å². The molecule has 0 fully saturated rings. The minimum atomic E-state index is -1.13. The van der Waals surface area contributed by atoms with Crippen LogP contribution < -0.4 is 0 Å². The molecule has 0 bridgehead atoms. The molecule has 2 aromatic carbocycles. The molecule has 0 amide bonds. The van der Waals surface area contributed by atoms with Crippen LogP contribution >= 0.6 is 0 Å². The van der Waals surface area contributed by atoms with Crippen molar-refractivity contribution in [2.45, 2.75) is 25.9 Å². The highest BCUT2D eigenvalue weighted by atomic mass is 19.1. The topological polar surface area (TPSA) is 20.2 Å². The summed E-state index contributed by atoms with van der Waals surface area (Å²) in [5, 5.41) is 10.8. The van der Waals surface area contributed by atoms with Crippen LogP contribution in [-0.2, 0) is 5.60 Å². The first kappa shape index (κ1) is 12.8. The average molecular weight is 244 g/mol. The number of benzene rings is 2. The summed E-state index contributed by atoms with van der Waals surface area (Å²) >= 11 is 0. The van der Waals surface area contributed by atoms with E-state index in [0.717, 1.165) is 5.56 Å². The van der Waals surface area contributed by atoms with Crippen molar-refractivity contribution in [3.8, 4) is 0 Å². The van der Waals surface area contributed by atoms with Gasteiger partial charge in [0, 0.05) is 0 Å². The summed E-state index contributed by atoms with van der Waals surface area (Å²) in [5.74, 6) is -0.282. The Morgan fingerprint density at radius 2 is 1.72 bits per heavy atom. The average Bonchev–Trinajstić information content (AvgIpc) is 2.42. The van der Waals surface area contributed by atoms with Crippen LogP contribution in [-0.4, -0.2) is 5.11 Å². The van der Waals surface area contributed by atoms with Gasteiger partial charge < -0.3 is 5.11 Å². The second kappa shape index (κ2) is 4.91. The van der Waals surface area contributed by atoms with E-state index in [0.29, 0.717) is 17.5 Å². The van der Waals surface area contributed by atoms with Crippen molar-refractivity contribution in [2.24, 2.45) is 0 Å². The summed E-state index contributed by atoms with van der Waals surface area (Å²) in [7, 11) is 0. The number of halogens is 1. The predicted octanol–water partition coefficient (Wildman–Crippen LogP) is 3.78. The first-order valence-corrected chi connectivity index (χ1v) is 6.12. The molecule has 0 aromatic heterocycles. The monoisotopic (exact) mass is 244 g/mol. The lowest BCUT2D eigenvalue weighted by Gasteiger charge is -2.28. The fourth-order valence-electron chi connectivity index (χ4n) is 2.14. The third-order valence-electron chi connectivity index (χ3n) is 3.41. The molecule has 1 nitrogen and oxygen atoms in total. The van der Waals surface area contributed by atoms with Gasteiger partial charge in [0.05, 0.1) is 0 Å². The van der Waals surface area contributed by atoms with Crippen LogP contribution in [0.5, 0.6) is 0 Å². The molecule has 2 rings (SSSR count). The van der Waals surface area contributed by atoms with Crippen molar-refractivity contribution >= 4 is 0 Å². The summed E-state index contributed by atoms with van der Waals surface area (Å²) in [4.78, 5) is 0. The molecule has 18 heavy (non-hydrogen) atoms. The number of hydrogen-bond acceptors (Lipinski definition) is 1. The largest absolute Gasteiger partial charge is 0.380 e. The quantitative estimate of drug-likeness (QED) is 0.871. The van der Waals surface area contributed by atoms with Gasteiger partial charge in [-0.3, -0.25) is 0 Å². The van der Waals surface area contributed by atoms with Gasteiger partial charge >= 0.3 is 0 Å². The molecule has 1 N–H and O–H groups in total. The van der Waals surface area contributed by atoms with Crippen molar-refractivity contribution < 1.29 is 9.50 Å². The van der Waals surface area contributed by atoms with Gasteiger partial charge in [0.2, 0.25) is 0 Å². The summed E-state index contributed by atoms with van der Waals surface area (Å²) in [6.07, 6.45) is 0.500. The second-order valence-electron chi connectivity index (χ2n) is 4.54. The van der Waals surface area contributed by atoms with E-state index in [1.54, 1.807) is 19.1 Å². The van der Waals surface area contributed by atoms with Crippen molar-refractivity contribution in [3.05, 3.63) is 71.0 Å². The highest BCUT2D eigenvalue weighted by Crippen LogP contribution is 2.33. The Morgan fingerprint density at radius 1 is 1.06 bits per heavy atom. The molecule has 2 aromatic rings. The molecule has 0 spiro atoms. The van der Waals surface area contributed by atoms with Gasteiger partial charge in [0.25, 0.3) is 0 Å². The predicted molar refractivity (Wildman–Crippen MR) is 70.9 cm³/mol. The molecule has 0 aliphatic rings. The van der Waals surface area contributed by atoms with E-state index in [4.69, 9.17) is 0 Å². The zero-order valence-corrected chi connectivity index (χ0v) is 10.7. The third kappa shape index (κ3) is 2.16. The number of aliphatic hydroxyl groups is 1. The van der Waals surface area contributed by atoms with Gasteiger partial charge in [-0.25, -0.2) is 4.39 Å². The van der Waals surface area contributed by atoms with Crippen LogP contribution in [0.1, 0.15) is 30.0 Å². The van der Waals surface area contributed by atoms with Gasteiger partial charge in [0.1, 0.15) is 11.4 Å². The molecular formula is C16H17FO. The van der Waals surface area contributed by atoms with Gasteiger partial charge in [-0.15, -0.1) is 0 Å². The third-order valence-corrected chi connectivity index (χ3v) is 3.41. The smallest absolute Gasteiger partial charge is 0.126 e. The maximum atomic E-state index is 13.7. The standard InChI is InChI=1S/C16H17FO/c1-3-16(18,13-7-5-4-6-8-13)14-10-9-12(2)15(17)11-14/h4-11,18H,3H2,1-2H3. The summed E-state index contributed by atoms with van der Waals surface area (Å²) < 4.78 is 13.7. The van der Waals surface area contributed by atoms with Crippen molar-refractivity contribution in [2.75, 3.05) is 0 Å². The summed E-state index contributed by atoms with van der Waals surface area (Å²) in [6.45, 7) is 3.61. The zero-order valence-electron chi connectivity index (χ0n) is 10.7. The molecule has 1 unspecified atom stereocenters. The minimum absolute atomic E-state index is 0.282. The lowest BCUT2D eigenvalue weighted by Crippen LogP contribution is -2.26. The number of hydrogen-bond donors (Lipinski definition) is 1. The van der Waals surface area contributed by atoms with Crippen LogP contribution in [0.4, 0.5) is 4.39 Å². The SMILES string of the molecule is CCC(O)(c1ccccc1)c1ccc(C)c(F)c1. The molecule has 2 heteroatoms. The number of rotatable bonds is 3. The molecule has 0 saturated heterocycles. The van der Waals surface area contributed by atoms with Crippen LogP contribution in [0.15, 0.2) is 48.5 Å². The first-order valence-electron chi connectivity index (χ1n) is 6.12. The fraction of sp³-hybridized carbons (Fsp3) is 0.250. The van der Waals surface area contributed by atoms with E-state index in [1.807, 2.05) is 37.3 Å². The Morgan fingerprint density at radius 3 is 2.28 bits per heavy atom. The normalized spacial score (nSPS) is 14.2. The Kier molecular flexibility index (Phi) is 3.48. The van der Waals surface area contributed by atoms with Crippen LogP contribution in [0.25, 0.3) is 0 Å². The van der Waals surface area contributed by atoms with Crippen LogP contribution in [0, 0.1) is 12.7 Å². The highest BCUT2D eigenvalue weighted by Gasteiger charge is 2.29. The van der Waals surface area contributed by atoms with E-state index in [9.17, 15) is 9.50 Å². The molecule has 0 aliphatic heterocycles. The maximum Gasteiger partial charge on any atom is 0.126 e. The Bertz CT molecular complexity index is 536. The highest BCUT2D eigenvalue weighted by molar-refractivity contribution is 5.37. The van der Waals surface area contributed by atoms with E-state index >= 15 is 0 Å². The Labute approximate surface area is 107 Å². The first-order chi connectivity index (χ1) is 8.58. The van der Waals surface area contributed by atoms with Gasteiger partial charge in [-0.05, 0) is 36.1 Å². The van der Waals surface area contributed by atoms with Crippen LogP contribution in [0.2, 0.25) is 0 Å². The minimum Gasteiger partial charge on any atom is -0.380 e. The van der Waals surface area contributed by atoms with Gasteiger partial charge in [-0.1, -0.05) is 49.4 Å². The second-order valence-corrected chi connectivity index (χ2v) is 4.54. The molecule has 0 heterocycles. The fourth-order valence-corrected chi connectivity index (χ4v) is 2.14. The lowest BCUT2D eigenvalue weighted by molar-refractivity contribution is 0.0762.